The number of nitrogens with zero attached hydrogens (tertiary/aromatic N) is 2. The van der Waals surface area contributed by atoms with E-state index in [-0.39, 0.29) is 12.4 Å². The van der Waals surface area contributed by atoms with Gasteiger partial charge in [-0.3, -0.25) is 14.5 Å². The van der Waals surface area contributed by atoms with Crippen LogP contribution >= 0.6 is 0 Å². The summed E-state index contributed by atoms with van der Waals surface area (Å²) in [5, 5.41) is 1.99. The number of rotatable bonds is 5. The first-order valence-corrected chi connectivity index (χ1v) is 10.2. The molecule has 1 fully saturated rings. The summed E-state index contributed by atoms with van der Waals surface area (Å²) >= 11 is 0. The van der Waals surface area contributed by atoms with Gasteiger partial charge in [0.15, 0.2) is 0 Å². The van der Waals surface area contributed by atoms with Crippen molar-refractivity contribution in [2.24, 2.45) is 10.9 Å². The van der Waals surface area contributed by atoms with E-state index in [4.69, 9.17) is 4.42 Å². The molecular formula is C22H22F3N3O3. The minimum Gasteiger partial charge on any atom is -0.467 e. The van der Waals surface area contributed by atoms with Gasteiger partial charge in [-0.15, -0.1) is 0 Å². The zero-order valence-corrected chi connectivity index (χ0v) is 16.7. The summed E-state index contributed by atoms with van der Waals surface area (Å²) in [6.07, 6.45) is -0.259. The first-order valence-electron chi connectivity index (χ1n) is 10.2. The van der Waals surface area contributed by atoms with E-state index in [0.717, 1.165) is 24.2 Å². The molecule has 0 bridgehead atoms. The molecule has 2 aromatic rings. The summed E-state index contributed by atoms with van der Waals surface area (Å²) in [4.78, 5) is 30.7. The lowest BCUT2D eigenvalue weighted by Gasteiger charge is -2.31. The van der Waals surface area contributed by atoms with E-state index in [2.05, 4.69) is 4.99 Å². The number of nitrogens with one attached hydrogen (secondary N) is 1. The molecule has 9 heteroatoms. The second-order valence-corrected chi connectivity index (χ2v) is 7.80. The van der Waals surface area contributed by atoms with Gasteiger partial charge in [0, 0.05) is 11.5 Å². The van der Waals surface area contributed by atoms with Crippen LogP contribution in [0.1, 0.15) is 43.4 Å². The molecule has 31 heavy (non-hydrogen) atoms. The van der Waals surface area contributed by atoms with Crippen molar-refractivity contribution in [1.29, 1.82) is 0 Å². The molecule has 0 saturated heterocycles. The van der Waals surface area contributed by atoms with Gasteiger partial charge in [-0.05, 0) is 25.0 Å². The number of alkyl halides is 3. The van der Waals surface area contributed by atoms with E-state index in [1.54, 1.807) is 42.5 Å². The molecule has 1 atom stereocenters. The Bertz CT molecular complexity index is 967. The number of benzene rings is 1. The second-order valence-electron chi connectivity index (χ2n) is 7.80. The van der Waals surface area contributed by atoms with Crippen LogP contribution in [-0.4, -0.2) is 34.4 Å². The van der Waals surface area contributed by atoms with Gasteiger partial charge in [0.1, 0.15) is 11.6 Å². The summed E-state index contributed by atoms with van der Waals surface area (Å²) in [7, 11) is 0. The minimum absolute atomic E-state index is 0.164. The van der Waals surface area contributed by atoms with E-state index in [1.807, 2.05) is 5.32 Å². The highest BCUT2D eigenvalue weighted by molar-refractivity contribution is 6.16. The molecule has 1 aromatic carbocycles. The minimum atomic E-state index is -5.12. The molecular weight excluding hydrogens is 411 g/mol. The molecule has 1 unspecified atom stereocenters. The Kier molecular flexibility index (Phi) is 5.60. The van der Waals surface area contributed by atoms with Crippen LogP contribution in [0.2, 0.25) is 0 Å². The lowest BCUT2D eigenvalue weighted by molar-refractivity contribution is -0.201. The Morgan fingerprint density at radius 2 is 1.84 bits per heavy atom. The maximum absolute atomic E-state index is 14.3. The van der Waals surface area contributed by atoms with Crippen LogP contribution in [-0.2, 0) is 16.1 Å². The molecule has 164 valence electrons. The van der Waals surface area contributed by atoms with Gasteiger partial charge in [-0.2, -0.15) is 13.2 Å². The summed E-state index contributed by atoms with van der Waals surface area (Å²) in [6.45, 7) is -0.239. The zero-order valence-electron chi connectivity index (χ0n) is 16.7. The fraction of sp³-hybridized carbons (Fsp3) is 0.409. The Hall–Kier alpha value is -3.10. The zero-order chi connectivity index (χ0) is 22.1. The van der Waals surface area contributed by atoms with E-state index >= 15 is 0 Å². The molecule has 4 rings (SSSR count). The third kappa shape index (κ3) is 3.96. The highest BCUT2D eigenvalue weighted by Crippen LogP contribution is 2.39. The average Bonchev–Trinajstić information content (AvgIpc) is 3.37. The molecule has 2 aliphatic rings. The first-order chi connectivity index (χ1) is 14.8. The second kappa shape index (κ2) is 8.20. The largest absolute Gasteiger partial charge is 0.467 e. The molecule has 1 N–H and O–H groups in total. The van der Waals surface area contributed by atoms with Crippen molar-refractivity contribution in [3.63, 3.8) is 0 Å². The van der Waals surface area contributed by atoms with Gasteiger partial charge in [-0.25, -0.2) is 4.99 Å². The van der Waals surface area contributed by atoms with Crippen molar-refractivity contribution in [2.45, 2.75) is 50.5 Å². The Morgan fingerprint density at radius 1 is 1.13 bits per heavy atom. The van der Waals surface area contributed by atoms with Crippen molar-refractivity contribution in [2.75, 3.05) is 0 Å². The van der Waals surface area contributed by atoms with Crippen LogP contribution in [0.25, 0.3) is 0 Å². The maximum Gasteiger partial charge on any atom is 0.442 e. The van der Waals surface area contributed by atoms with Crippen molar-refractivity contribution in [3.8, 4) is 0 Å². The number of amides is 2. The topological polar surface area (TPSA) is 74.9 Å². The van der Waals surface area contributed by atoms with Gasteiger partial charge >= 0.3 is 11.8 Å². The maximum atomic E-state index is 14.3. The predicted octanol–water partition coefficient (Wildman–Crippen LogP) is 4.02. The van der Waals surface area contributed by atoms with Gasteiger partial charge in [0.05, 0.1) is 12.8 Å². The fourth-order valence-corrected chi connectivity index (χ4v) is 4.05. The number of hydrogen-bond acceptors (Lipinski definition) is 4. The number of aliphatic imine (C=N–C) groups is 1. The van der Waals surface area contributed by atoms with Gasteiger partial charge in [-0.1, -0.05) is 49.6 Å². The molecule has 0 spiro atoms. The summed E-state index contributed by atoms with van der Waals surface area (Å²) in [6, 6.07) is 11.3. The van der Waals surface area contributed by atoms with Gasteiger partial charge < -0.3 is 9.73 Å². The number of amidine groups is 1. The molecule has 0 radical (unpaired) electrons. The van der Waals surface area contributed by atoms with Crippen molar-refractivity contribution >= 4 is 17.6 Å². The molecule has 1 saturated carbocycles. The summed E-state index contributed by atoms with van der Waals surface area (Å²) in [5.74, 6) is -2.56. The molecule has 2 amide bonds. The molecule has 1 aromatic heterocycles. The van der Waals surface area contributed by atoms with Crippen LogP contribution in [0.5, 0.6) is 0 Å². The van der Waals surface area contributed by atoms with Crippen LogP contribution in [0.4, 0.5) is 13.2 Å². The van der Waals surface area contributed by atoms with Crippen LogP contribution < -0.4 is 5.32 Å². The normalized spacial score (nSPS) is 22.5. The number of carbonyl (C=O) groups excluding carboxylic acids is 2. The van der Waals surface area contributed by atoms with E-state index in [1.165, 1.54) is 6.26 Å². The number of furan rings is 1. The van der Waals surface area contributed by atoms with Crippen molar-refractivity contribution in [1.82, 2.24) is 10.2 Å². The van der Waals surface area contributed by atoms with Gasteiger partial charge in [0.2, 0.25) is 5.91 Å². The Morgan fingerprint density at radius 3 is 2.45 bits per heavy atom. The fourth-order valence-electron chi connectivity index (χ4n) is 4.05. The van der Waals surface area contributed by atoms with Crippen LogP contribution in [0.3, 0.4) is 0 Å². The third-order valence-electron chi connectivity index (χ3n) is 5.70. The van der Waals surface area contributed by atoms with Crippen molar-refractivity contribution in [3.05, 3.63) is 60.1 Å². The van der Waals surface area contributed by atoms with Gasteiger partial charge in [0.25, 0.3) is 5.91 Å². The molecule has 1 aliphatic heterocycles. The number of hydrogen-bond donors (Lipinski definition) is 1. The highest BCUT2D eigenvalue weighted by Gasteiger charge is 2.67. The first kappa shape index (κ1) is 21.1. The number of halogens is 3. The van der Waals surface area contributed by atoms with E-state index < -0.39 is 29.6 Å². The molecule has 6 nitrogen and oxygen atoms in total. The average molecular weight is 433 g/mol. The van der Waals surface area contributed by atoms with Crippen LogP contribution in [0, 0.1) is 5.92 Å². The van der Waals surface area contributed by atoms with Crippen molar-refractivity contribution < 1.29 is 27.2 Å². The summed E-state index contributed by atoms with van der Waals surface area (Å²) in [5.41, 5.74) is -3.03. The smallest absolute Gasteiger partial charge is 0.442 e. The quantitative estimate of drug-likeness (QED) is 0.774. The number of carbonyl (C=O) groups is 2. The summed E-state index contributed by atoms with van der Waals surface area (Å²) < 4.78 is 48.3. The SMILES string of the molecule is O=C(NC1(C(F)(F)F)N=C(c2ccccc2)N(Cc2ccco2)C1=O)C1CCCCC1. The Balaban J connectivity index is 1.75. The lowest BCUT2D eigenvalue weighted by Crippen LogP contribution is -2.64. The Labute approximate surface area is 177 Å². The monoisotopic (exact) mass is 433 g/mol. The highest BCUT2D eigenvalue weighted by atomic mass is 19.4. The molecule has 2 heterocycles. The van der Waals surface area contributed by atoms with E-state index in [9.17, 15) is 22.8 Å². The lowest BCUT2D eigenvalue weighted by atomic mass is 9.88. The predicted molar refractivity (Wildman–Crippen MR) is 106 cm³/mol. The van der Waals surface area contributed by atoms with E-state index in [0.29, 0.717) is 24.2 Å². The standard InChI is InChI=1S/C22H22F3N3O3/c23-22(24,25)21(27-19(29)16-10-5-2-6-11-16)20(30)28(14-17-12-7-13-31-17)18(26-21)15-8-3-1-4-9-15/h1,3-4,7-9,12-13,16H,2,5-6,10-11,14H2,(H,27,29). The third-order valence-corrected chi connectivity index (χ3v) is 5.70. The molecule has 1 aliphatic carbocycles. The van der Waals surface area contributed by atoms with Crippen LogP contribution in [0.15, 0.2) is 58.1 Å².